The average molecular weight is 1620 g/mol. The van der Waals surface area contributed by atoms with Gasteiger partial charge in [0, 0.05) is 86.9 Å². The maximum atomic E-state index is 11.4. The van der Waals surface area contributed by atoms with Gasteiger partial charge in [-0.3, -0.25) is 80.2 Å². The minimum absolute atomic E-state index is 0.0283. The number of aromatic nitrogens is 20. The monoisotopic (exact) mass is 1610 g/mol. The van der Waals surface area contributed by atoms with E-state index in [-0.39, 0.29) is 21.9 Å². The van der Waals surface area contributed by atoms with Crippen LogP contribution in [-0.4, -0.2) is 127 Å². The highest BCUT2D eigenvalue weighted by molar-refractivity contribution is 6.36. The van der Waals surface area contributed by atoms with Gasteiger partial charge < -0.3 is 40.8 Å². The molecule has 17 aromatic heterocycles. The number of H-pyrrole nitrogens is 1. The summed E-state index contributed by atoms with van der Waals surface area (Å²) in [6.07, 6.45) is 20.3. The highest BCUT2D eigenvalue weighted by Crippen LogP contribution is 2.34. The van der Waals surface area contributed by atoms with Crippen LogP contribution in [0, 0.1) is 80.7 Å². The van der Waals surface area contributed by atoms with Gasteiger partial charge in [0.25, 0.3) is 17.1 Å². The summed E-state index contributed by atoms with van der Waals surface area (Å²) in [6.45, 7) is 31.8. The van der Waals surface area contributed by atoms with Crippen molar-refractivity contribution in [3.8, 4) is 0 Å². The second-order valence-electron chi connectivity index (χ2n) is 29.4. The summed E-state index contributed by atoms with van der Waals surface area (Å²) in [7, 11) is 0. The predicted molar refractivity (Wildman–Crippen MR) is 458 cm³/mol. The fraction of sp³-hybridized carbons (Fsp3) is 0.280. The van der Waals surface area contributed by atoms with Crippen LogP contribution in [0.25, 0.3) is 110 Å². The molecule has 0 atom stereocenters. The summed E-state index contributed by atoms with van der Waals surface area (Å²) in [5.74, 6) is 5.98. The lowest BCUT2D eigenvalue weighted by molar-refractivity contribution is -0.883. The molecule has 17 heterocycles. The number of nitrogen functional groups attached to an aromatic ring is 2. The molecule has 17 aromatic rings. The SMILES string of the molecule is CC(C)CNc1c(N)cnc2cccnc12.CC(C)CNc1c([N+](=O)[O-])cnc2cccnc12.Cc1nc2c(N)nc3cccnc3c2n1CC(C)C.Cc1nc2c[n+](O)c3cccnc3c2n1CC(C)C.Cc1nc2cnc3cccnc3c2n1CC(C)C.O=[N+]([O-])c1cnc2cccnc2c1Cl.O=c1c([N+](=O)[O-])c[nH]c2cccnc12. The zero-order valence-corrected chi connectivity index (χ0v) is 67.9. The van der Waals surface area contributed by atoms with Gasteiger partial charge in [-0.2, -0.15) is 0 Å². The van der Waals surface area contributed by atoms with Crippen LogP contribution in [0.15, 0.2) is 170 Å². The molecule has 0 spiro atoms. The molecule has 0 radical (unpaired) electrons. The molecular formula is C82H89ClN27O8+. The van der Waals surface area contributed by atoms with Crippen LogP contribution < -0.4 is 32.3 Å². The molecule has 0 aliphatic heterocycles. The molecule has 0 bridgehead atoms. The van der Waals surface area contributed by atoms with Crippen molar-refractivity contribution in [3.05, 3.63) is 229 Å². The molecule has 118 heavy (non-hydrogen) atoms. The van der Waals surface area contributed by atoms with Gasteiger partial charge in [-0.05, 0) is 129 Å². The van der Waals surface area contributed by atoms with Gasteiger partial charge in [-0.15, -0.1) is 0 Å². The van der Waals surface area contributed by atoms with Gasteiger partial charge in [-0.25, -0.2) is 34.9 Å². The Bertz CT molecular complexity index is 6590. The third-order valence-electron chi connectivity index (χ3n) is 17.9. The van der Waals surface area contributed by atoms with Crippen molar-refractivity contribution in [1.82, 2.24) is 93.4 Å². The van der Waals surface area contributed by atoms with Crippen LogP contribution in [-0.2, 0) is 19.6 Å². The lowest BCUT2D eigenvalue weighted by atomic mass is 10.2. The molecule has 8 N–H and O–H groups in total. The van der Waals surface area contributed by atoms with E-state index in [0.717, 1.165) is 138 Å². The zero-order chi connectivity index (χ0) is 84.8. The highest BCUT2D eigenvalue weighted by Gasteiger charge is 2.24. The lowest BCUT2D eigenvalue weighted by Gasteiger charge is -2.12. The standard InChI is InChI=1S/C14H17N5.C14H17N4O.C14H16N4.C12H14N4O2.C12H16N4.C8H4ClN3O2.C8H5N3O3/c1-8(2)7-19-9(3)17-12-13(19)11-10(18-14(12)15)5-4-6-16-11;1-9(2)7-17-10(3)16-11-8-18(19)12-5-4-6-15-13(12)14(11)17;1-9(2)8-18-10(3)17-12-7-16-11-5-4-6-15-13(11)14(12)18;1-8(2)6-15-12-10(16(17)18)7-14-9-4-3-5-13-11(9)12;1-8(2)6-16-11-9(13)7-15-10-4-3-5-14-12(10)11;9-7-6(12(13)14)4-11-5-2-1-3-10-8(5)7;12-8-6(11(13)14)4-10-5-2-1-3-9-7(5)8/h4-6,8H,7H2,1-3H3,(H2,15,18);4-6,8-9,19H,7H2,1-3H3;4-7,9H,8H2,1-3H3;3-5,7-8H,6H2,1-2H3,(H,14,15);3-5,7-8H,6,13H2,1-2H3,(H,15,16);1-4H;1-4H,(H,10,12)/q;+1;;;;;. The first-order valence-corrected chi connectivity index (χ1v) is 38.2. The number of pyridine rings is 14. The zero-order valence-electron chi connectivity index (χ0n) is 67.2. The van der Waals surface area contributed by atoms with E-state index in [2.05, 4.69) is 159 Å². The van der Waals surface area contributed by atoms with Crippen LogP contribution in [0.3, 0.4) is 0 Å². The van der Waals surface area contributed by atoms with Crippen LogP contribution in [0.2, 0.25) is 5.02 Å². The largest absolute Gasteiger partial charge is 0.396 e. The van der Waals surface area contributed by atoms with Crippen molar-refractivity contribution in [2.75, 3.05) is 35.2 Å². The Morgan fingerprint density at radius 1 is 0.441 bits per heavy atom. The Balaban J connectivity index is 0.000000135. The minimum Gasteiger partial charge on any atom is -0.396 e. The number of aromatic amines is 1. The molecule has 606 valence electrons. The van der Waals surface area contributed by atoms with Crippen molar-refractivity contribution >= 4 is 162 Å². The number of anilines is 4. The first-order chi connectivity index (χ1) is 56.5. The summed E-state index contributed by atoms with van der Waals surface area (Å²) in [6, 6.07) is 25.4. The molecular weight excluding hydrogens is 1530 g/mol. The van der Waals surface area contributed by atoms with Crippen LogP contribution in [0.5, 0.6) is 0 Å². The molecule has 0 saturated heterocycles. The van der Waals surface area contributed by atoms with Crippen molar-refractivity contribution in [2.45, 2.75) is 110 Å². The van der Waals surface area contributed by atoms with Gasteiger partial charge >= 0.3 is 17.1 Å². The first-order valence-electron chi connectivity index (χ1n) is 37.8. The van der Waals surface area contributed by atoms with E-state index in [1.807, 2.05) is 95.5 Å². The number of nitrogens with one attached hydrogen (secondary N) is 3. The van der Waals surface area contributed by atoms with E-state index in [0.29, 0.717) is 86.4 Å². The normalized spacial score (nSPS) is 11.2. The van der Waals surface area contributed by atoms with Crippen molar-refractivity contribution < 1.29 is 24.7 Å². The van der Waals surface area contributed by atoms with E-state index in [1.165, 1.54) is 18.6 Å². The summed E-state index contributed by atoms with van der Waals surface area (Å²) in [4.78, 5) is 108. The Kier molecular flexibility index (Phi) is 27.0. The van der Waals surface area contributed by atoms with Gasteiger partial charge in [0.2, 0.25) is 0 Å². The molecule has 17 rings (SSSR count). The smallest absolute Gasteiger partial charge is 0.334 e. The van der Waals surface area contributed by atoms with E-state index in [9.17, 15) is 40.3 Å². The number of halogens is 1. The molecule has 36 heteroatoms. The summed E-state index contributed by atoms with van der Waals surface area (Å²) in [5.41, 5.74) is 27.4. The first kappa shape index (κ1) is 84.5. The van der Waals surface area contributed by atoms with E-state index < -0.39 is 25.9 Å². The highest BCUT2D eigenvalue weighted by atomic mass is 35.5. The molecule has 0 aliphatic carbocycles. The fourth-order valence-electron chi connectivity index (χ4n) is 12.7. The molecule has 0 fully saturated rings. The van der Waals surface area contributed by atoms with Crippen molar-refractivity contribution in [1.29, 1.82) is 0 Å². The predicted octanol–water partition coefficient (Wildman–Crippen LogP) is 15.5. The molecule has 0 aliphatic rings. The molecule has 0 aromatic carbocycles. The van der Waals surface area contributed by atoms with Crippen molar-refractivity contribution in [2.24, 2.45) is 29.6 Å². The average Bonchev–Trinajstić information content (AvgIpc) is 1.60. The van der Waals surface area contributed by atoms with Crippen LogP contribution in [0.4, 0.5) is 39.9 Å². The quantitative estimate of drug-likeness (QED) is 0.0240. The number of nitro groups is 3. The fourth-order valence-corrected chi connectivity index (χ4v) is 12.9. The number of fused-ring (bicyclic) bond motifs is 13. The summed E-state index contributed by atoms with van der Waals surface area (Å²) in [5, 5.41) is 48.4. The van der Waals surface area contributed by atoms with E-state index in [4.69, 9.17) is 23.1 Å². The van der Waals surface area contributed by atoms with Crippen LogP contribution >= 0.6 is 11.6 Å². The maximum absolute atomic E-state index is 11.4. The summed E-state index contributed by atoms with van der Waals surface area (Å²) < 4.78 is 7.70. The molecule has 0 saturated carbocycles. The van der Waals surface area contributed by atoms with Gasteiger partial charge in [0.05, 0.1) is 83.4 Å². The third-order valence-corrected chi connectivity index (χ3v) is 18.3. The topological polar surface area (TPSA) is 471 Å². The number of nitrogens with zero attached hydrogens (tertiary/aromatic N) is 22. The lowest BCUT2D eigenvalue weighted by Crippen LogP contribution is -2.30. The Hall–Kier alpha value is -14.4. The Morgan fingerprint density at radius 3 is 1.39 bits per heavy atom. The van der Waals surface area contributed by atoms with E-state index in [1.54, 1.807) is 73.6 Å². The third kappa shape index (κ3) is 19.5. The number of rotatable bonds is 15. The van der Waals surface area contributed by atoms with Gasteiger partial charge in [0.1, 0.15) is 95.7 Å². The Morgan fingerprint density at radius 2 is 0.847 bits per heavy atom. The molecule has 35 nitrogen and oxygen atoms in total. The van der Waals surface area contributed by atoms with Crippen LogP contribution in [0.1, 0.15) is 86.7 Å². The maximum Gasteiger partial charge on any atom is 0.334 e. The van der Waals surface area contributed by atoms with Crippen molar-refractivity contribution in [3.63, 3.8) is 0 Å². The number of hydrogen-bond donors (Lipinski definition) is 6. The van der Waals surface area contributed by atoms with Gasteiger partial charge in [0.15, 0.2) is 16.9 Å². The second kappa shape index (κ2) is 37.7. The Labute approximate surface area is 679 Å². The number of aryl methyl sites for hydroxylation is 3. The number of imidazole rings is 3. The van der Waals surface area contributed by atoms with E-state index >= 15 is 0 Å². The minimum atomic E-state index is -0.729. The number of nitrogens with two attached hydrogens (primary N) is 2. The molecule has 0 amide bonds. The second-order valence-corrected chi connectivity index (χ2v) is 29.8. The van der Waals surface area contributed by atoms with Gasteiger partial charge in [-0.1, -0.05) is 80.8 Å². The molecule has 0 unspecified atom stereocenters. The number of hydrogen-bond acceptors (Lipinski definition) is 27. The summed E-state index contributed by atoms with van der Waals surface area (Å²) >= 11 is 5.79.